The molecule has 1 aromatic heterocycles. The van der Waals surface area contributed by atoms with E-state index < -0.39 is 0 Å². The molecule has 0 spiro atoms. The first kappa shape index (κ1) is 11.1. The second-order valence-electron chi connectivity index (χ2n) is 3.43. The van der Waals surface area contributed by atoms with Crippen molar-refractivity contribution in [2.45, 2.75) is 6.61 Å². The second-order valence-corrected chi connectivity index (χ2v) is 3.79. The van der Waals surface area contributed by atoms with E-state index in [1.165, 1.54) is 0 Å². The lowest BCUT2D eigenvalue weighted by Crippen LogP contribution is -1.95. The summed E-state index contributed by atoms with van der Waals surface area (Å²) in [5, 5.41) is 1.58. The number of pyridine rings is 1. The van der Waals surface area contributed by atoms with E-state index in [4.69, 9.17) is 16.3 Å². The van der Waals surface area contributed by atoms with Gasteiger partial charge < -0.3 is 4.74 Å². The van der Waals surface area contributed by atoms with E-state index in [1.54, 1.807) is 6.08 Å². The van der Waals surface area contributed by atoms with Gasteiger partial charge in [0.2, 0.25) is 0 Å². The highest BCUT2D eigenvalue weighted by Crippen LogP contribution is 2.20. The lowest BCUT2D eigenvalue weighted by Gasteiger charge is -2.05. The molecule has 2 rings (SSSR count). The molecule has 0 saturated carbocycles. The Morgan fingerprint density at radius 1 is 1.38 bits per heavy atom. The van der Waals surface area contributed by atoms with Crippen molar-refractivity contribution in [3.63, 3.8) is 0 Å². The summed E-state index contributed by atoms with van der Waals surface area (Å²) >= 11 is 6.07. The third-order valence-corrected chi connectivity index (χ3v) is 2.57. The molecule has 0 radical (unpaired) electrons. The van der Waals surface area contributed by atoms with Crippen molar-refractivity contribution in [1.82, 2.24) is 4.98 Å². The van der Waals surface area contributed by atoms with Crippen molar-refractivity contribution in [3.8, 4) is 0 Å². The van der Waals surface area contributed by atoms with Gasteiger partial charge in [-0.3, -0.25) is 0 Å². The lowest BCUT2D eigenvalue weighted by atomic mass is 10.2. The molecule has 2 nitrogen and oxygen atoms in total. The van der Waals surface area contributed by atoms with Crippen LogP contribution in [0.5, 0.6) is 0 Å². The van der Waals surface area contributed by atoms with Crippen LogP contribution in [0.3, 0.4) is 0 Å². The van der Waals surface area contributed by atoms with E-state index in [-0.39, 0.29) is 0 Å². The maximum Gasteiger partial charge on any atom is 0.135 e. The van der Waals surface area contributed by atoms with E-state index in [0.717, 1.165) is 16.5 Å². The number of halogens is 1. The number of hydrogen-bond acceptors (Lipinski definition) is 2. The van der Waals surface area contributed by atoms with Crippen molar-refractivity contribution in [2.75, 3.05) is 6.61 Å². The molecule has 1 aromatic carbocycles. The lowest BCUT2D eigenvalue weighted by molar-refractivity contribution is 0.149. The Labute approximate surface area is 99.5 Å². The smallest absolute Gasteiger partial charge is 0.135 e. The van der Waals surface area contributed by atoms with Gasteiger partial charge in [-0.2, -0.15) is 0 Å². The fraction of sp³-hybridized carbons (Fsp3) is 0.154. The first-order valence-corrected chi connectivity index (χ1v) is 5.42. The molecule has 0 unspecified atom stereocenters. The monoisotopic (exact) mass is 233 g/mol. The number of para-hydroxylation sites is 1. The first-order chi connectivity index (χ1) is 7.81. The predicted molar refractivity (Wildman–Crippen MR) is 66.6 cm³/mol. The highest BCUT2D eigenvalue weighted by Gasteiger charge is 2.04. The molecule has 0 aliphatic rings. The molecular weight excluding hydrogens is 222 g/mol. The molecule has 16 heavy (non-hydrogen) atoms. The van der Waals surface area contributed by atoms with E-state index in [0.29, 0.717) is 18.4 Å². The van der Waals surface area contributed by atoms with E-state index in [1.807, 2.05) is 30.3 Å². The second kappa shape index (κ2) is 5.10. The zero-order chi connectivity index (χ0) is 11.4. The minimum Gasteiger partial charge on any atom is -0.373 e. The number of nitrogens with zero attached hydrogens (tertiary/aromatic N) is 1. The largest absolute Gasteiger partial charge is 0.373 e. The fourth-order valence-electron chi connectivity index (χ4n) is 1.49. The molecule has 0 aliphatic heterocycles. The van der Waals surface area contributed by atoms with Crippen LogP contribution in [0.4, 0.5) is 0 Å². The quantitative estimate of drug-likeness (QED) is 0.457. The van der Waals surface area contributed by atoms with Crippen LogP contribution in [0.1, 0.15) is 5.56 Å². The maximum absolute atomic E-state index is 6.07. The van der Waals surface area contributed by atoms with Gasteiger partial charge in [-0.15, -0.1) is 6.58 Å². The Morgan fingerprint density at radius 3 is 3.00 bits per heavy atom. The zero-order valence-corrected chi connectivity index (χ0v) is 9.57. The van der Waals surface area contributed by atoms with Crippen molar-refractivity contribution in [3.05, 3.63) is 53.7 Å². The summed E-state index contributed by atoms with van der Waals surface area (Å²) in [6, 6.07) is 9.88. The standard InChI is InChI=1S/C13H12ClNO/c1-2-7-16-9-11-8-10-5-3-4-6-12(10)15-13(11)14/h2-6,8H,1,7,9H2. The van der Waals surface area contributed by atoms with Crippen LogP contribution < -0.4 is 0 Å². The summed E-state index contributed by atoms with van der Waals surface area (Å²) in [7, 11) is 0. The zero-order valence-electron chi connectivity index (χ0n) is 8.82. The van der Waals surface area contributed by atoms with E-state index in [9.17, 15) is 0 Å². The van der Waals surface area contributed by atoms with Gasteiger partial charge in [0.25, 0.3) is 0 Å². The van der Waals surface area contributed by atoms with Gasteiger partial charge >= 0.3 is 0 Å². The molecule has 0 fully saturated rings. The summed E-state index contributed by atoms with van der Waals surface area (Å²) in [5.41, 5.74) is 1.81. The van der Waals surface area contributed by atoms with E-state index in [2.05, 4.69) is 11.6 Å². The number of aromatic nitrogens is 1. The van der Waals surface area contributed by atoms with E-state index >= 15 is 0 Å². The van der Waals surface area contributed by atoms with Crippen LogP contribution in [0.2, 0.25) is 5.15 Å². The molecule has 0 atom stereocenters. The molecule has 0 saturated heterocycles. The highest BCUT2D eigenvalue weighted by atomic mass is 35.5. The molecule has 82 valence electrons. The van der Waals surface area contributed by atoms with Crippen LogP contribution in [0.15, 0.2) is 43.0 Å². The summed E-state index contributed by atoms with van der Waals surface area (Å²) in [6.07, 6.45) is 1.71. The Bertz CT molecular complexity index is 510. The molecule has 0 bridgehead atoms. The molecule has 0 aliphatic carbocycles. The Hall–Kier alpha value is -1.38. The summed E-state index contributed by atoms with van der Waals surface area (Å²) in [4.78, 5) is 4.31. The normalized spacial score (nSPS) is 10.6. The minimum atomic E-state index is 0.461. The summed E-state index contributed by atoms with van der Waals surface area (Å²) < 4.78 is 5.36. The minimum absolute atomic E-state index is 0.461. The van der Waals surface area contributed by atoms with Crippen LogP contribution >= 0.6 is 11.6 Å². The van der Waals surface area contributed by atoms with Gasteiger partial charge in [0.1, 0.15) is 5.15 Å². The van der Waals surface area contributed by atoms with Gasteiger partial charge in [0.15, 0.2) is 0 Å². The molecule has 1 heterocycles. The van der Waals surface area contributed by atoms with Crippen molar-refractivity contribution < 1.29 is 4.74 Å². The third kappa shape index (κ3) is 2.40. The molecule has 3 heteroatoms. The molecule has 0 amide bonds. The maximum atomic E-state index is 6.07. The Morgan fingerprint density at radius 2 is 2.19 bits per heavy atom. The average molecular weight is 234 g/mol. The van der Waals surface area contributed by atoms with Crippen LogP contribution in [-0.2, 0) is 11.3 Å². The van der Waals surface area contributed by atoms with Gasteiger partial charge in [0.05, 0.1) is 18.7 Å². The SMILES string of the molecule is C=CCOCc1cc2ccccc2nc1Cl. The van der Waals surface area contributed by atoms with Crippen LogP contribution in [-0.4, -0.2) is 11.6 Å². The first-order valence-electron chi connectivity index (χ1n) is 5.04. The number of ether oxygens (including phenoxy) is 1. The summed E-state index contributed by atoms with van der Waals surface area (Å²) in [5.74, 6) is 0. The fourth-order valence-corrected chi connectivity index (χ4v) is 1.69. The van der Waals surface area contributed by atoms with Crippen molar-refractivity contribution in [1.29, 1.82) is 0 Å². The van der Waals surface area contributed by atoms with Crippen molar-refractivity contribution >= 4 is 22.5 Å². The molecular formula is C13H12ClNO. The number of rotatable bonds is 4. The van der Waals surface area contributed by atoms with Crippen LogP contribution in [0, 0.1) is 0 Å². The molecule has 2 aromatic rings. The highest BCUT2D eigenvalue weighted by molar-refractivity contribution is 6.30. The molecule has 0 N–H and O–H groups in total. The van der Waals surface area contributed by atoms with Crippen LogP contribution in [0.25, 0.3) is 10.9 Å². The van der Waals surface area contributed by atoms with Crippen molar-refractivity contribution in [2.24, 2.45) is 0 Å². The Balaban J connectivity index is 2.30. The summed E-state index contributed by atoms with van der Waals surface area (Å²) in [6.45, 7) is 4.57. The third-order valence-electron chi connectivity index (χ3n) is 2.24. The van der Waals surface area contributed by atoms with Gasteiger partial charge in [-0.25, -0.2) is 4.98 Å². The number of hydrogen-bond donors (Lipinski definition) is 0. The van der Waals surface area contributed by atoms with Gasteiger partial charge in [0, 0.05) is 10.9 Å². The Kier molecular flexibility index (Phi) is 3.54. The van der Waals surface area contributed by atoms with Gasteiger partial charge in [-0.05, 0) is 12.1 Å². The topological polar surface area (TPSA) is 22.1 Å². The number of benzene rings is 1. The number of fused-ring (bicyclic) bond motifs is 1. The average Bonchev–Trinajstić information content (AvgIpc) is 2.30. The van der Waals surface area contributed by atoms with Gasteiger partial charge in [-0.1, -0.05) is 35.9 Å². The predicted octanol–water partition coefficient (Wildman–Crippen LogP) is 3.59.